The molecule has 1 saturated heterocycles. The zero-order valence-electron chi connectivity index (χ0n) is 15.0. The van der Waals surface area contributed by atoms with E-state index in [2.05, 4.69) is 0 Å². The Labute approximate surface area is 158 Å². The second-order valence-electron chi connectivity index (χ2n) is 6.60. The lowest BCUT2D eigenvalue weighted by Crippen LogP contribution is -2.38. The van der Waals surface area contributed by atoms with Crippen molar-refractivity contribution in [3.63, 3.8) is 0 Å². The lowest BCUT2D eigenvalue weighted by molar-refractivity contribution is -0.119. The van der Waals surface area contributed by atoms with E-state index in [1.807, 2.05) is 78.9 Å². The van der Waals surface area contributed by atoms with E-state index in [1.54, 1.807) is 24.0 Å². The second-order valence-corrected chi connectivity index (χ2v) is 6.60. The van der Waals surface area contributed by atoms with Gasteiger partial charge in [0.2, 0.25) is 0 Å². The van der Waals surface area contributed by atoms with Crippen molar-refractivity contribution in [2.75, 3.05) is 4.90 Å². The van der Waals surface area contributed by atoms with Gasteiger partial charge in [-0.2, -0.15) is 0 Å². The first-order valence-corrected chi connectivity index (χ1v) is 8.99. The van der Waals surface area contributed by atoms with Crippen molar-refractivity contribution in [2.45, 2.75) is 19.0 Å². The average Bonchev–Trinajstić information content (AvgIpc) is 2.94. The summed E-state index contributed by atoms with van der Waals surface area (Å²) in [6.07, 6.45) is 0. The van der Waals surface area contributed by atoms with Crippen LogP contribution in [0.3, 0.4) is 0 Å². The standard InChI is InChI=1S/C23H20N2O2/c1-17-22(26)25(20-15-9-4-10-16-20)23(27)24(17)21(18-11-5-2-6-12-18)19-13-7-3-8-14-19/h2-17,21H,1H3/t17-/m0/s1. The molecule has 0 unspecified atom stereocenters. The zero-order chi connectivity index (χ0) is 18.8. The molecule has 4 heteroatoms. The maximum atomic E-state index is 13.3. The Hall–Kier alpha value is -3.40. The second kappa shape index (κ2) is 7.08. The van der Waals surface area contributed by atoms with Crippen LogP contribution in [-0.2, 0) is 4.79 Å². The third-order valence-electron chi connectivity index (χ3n) is 4.93. The van der Waals surface area contributed by atoms with Crippen molar-refractivity contribution in [3.05, 3.63) is 102 Å². The molecule has 0 saturated carbocycles. The zero-order valence-corrected chi connectivity index (χ0v) is 15.0. The van der Waals surface area contributed by atoms with Gasteiger partial charge in [-0.1, -0.05) is 78.9 Å². The van der Waals surface area contributed by atoms with Crippen LogP contribution < -0.4 is 4.90 Å². The number of rotatable bonds is 4. The summed E-state index contributed by atoms with van der Waals surface area (Å²) in [5.41, 5.74) is 2.56. The number of hydrogen-bond acceptors (Lipinski definition) is 2. The first-order valence-electron chi connectivity index (χ1n) is 8.99. The predicted octanol–water partition coefficient (Wildman–Crippen LogP) is 4.63. The Morgan fingerprint density at radius 1 is 0.704 bits per heavy atom. The van der Waals surface area contributed by atoms with Gasteiger partial charge in [0.15, 0.2) is 0 Å². The van der Waals surface area contributed by atoms with Gasteiger partial charge in [0.05, 0.1) is 11.7 Å². The molecule has 3 aromatic rings. The number of nitrogens with zero attached hydrogens (tertiary/aromatic N) is 2. The molecule has 0 aromatic heterocycles. The Morgan fingerprint density at radius 3 is 1.63 bits per heavy atom. The Balaban J connectivity index is 1.81. The van der Waals surface area contributed by atoms with E-state index < -0.39 is 6.04 Å². The minimum Gasteiger partial charge on any atom is -0.301 e. The molecule has 134 valence electrons. The number of carbonyl (C=O) groups is 2. The van der Waals surface area contributed by atoms with Crippen LogP contribution >= 0.6 is 0 Å². The van der Waals surface area contributed by atoms with Crippen molar-refractivity contribution in [1.82, 2.24) is 4.90 Å². The van der Waals surface area contributed by atoms with Gasteiger partial charge in [0, 0.05) is 0 Å². The summed E-state index contributed by atoms with van der Waals surface area (Å²) in [6, 6.07) is 27.6. The summed E-state index contributed by atoms with van der Waals surface area (Å²) >= 11 is 0. The van der Waals surface area contributed by atoms with Crippen LogP contribution in [0.15, 0.2) is 91.0 Å². The number of imide groups is 1. The molecular weight excluding hydrogens is 336 g/mol. The molecule has 0 spiro atoms. The van der Waals surface area contributed by atoms with Crippen molar-refractivity contribution in [3.8, 4) is 0 Å². The molecule has 3 aromatic carbocycles. The highest BCUT2D eigenvalue weighted by Crippen LogP contribution is 2.36. The van der Waals surface area contributed by atoms with E-state index in [9.17, 15) is 9.59 Å². The smallest absolute Gasteiger partial charge is 0.301 e. The van der Waals surface area contributed by atoms with Gasteiger partial charge in [-0.3, -0.25) is 4.79 Å². The monoisotopic (exact) mass is 356 g/mol. The molecule has 1 atom stereocenters. The maximum absolute atomic E-state index is 13.3. The Morgan fingerprint density at radius 2 is 1.15 bits per heavy atom. The van der Waals surface area contributed by atoms with Crippen LogP contribution in [-0.4, -0.2) is 22.9 Å². The third-order valence-corrected chi connectivity index (χ3v) is 4.93. The number of urea groups is 1. The van der Waals surface area contributed by atoms with E-state index >= 15 is 0 Å². The molecule has 1 heterocycles. The summed E-state index contributed by atoms with van der Waals surface area (Å²) in [4.78, 5) is 29.3. The molecule has 1 fully saturated rings. The molecule has 3 amide bonds. The molecule has 0 N–H and O–H groups in total. The summed E-state index contributed by atoms with van der Waals surface area (Å²) in [6.45, 7) is 1.79. The fraction of sp³-hybridized carbons (Fsp3) is 0.130. The largest absolute Gasteiger partial charge is 0.332 e. The van der Waals surface area contributed by atoms with E-state index in [0.29, 0.717) is 5.69 Å². The van der Waals surface area contributed by atoms with Gasteiger partial charge in [-0.05, 0) is 30.2 Å². The van der Waals surface area contributed by atoms with Crippen LogP contribution in [0.2, 0.25) is 0 Å². The van der Waals surface area contributed by atoms with E-state index in [1.165, 1.54) is 4.90 Å². The number of amides is 3. The molecule has 0 bridgehead atoms. The van der Waals surface area contributed by atoms with Crippen molar-refractivity contribution < 1.29 is 9.59 Å². The lowest BCUT2D eigenvalue weighted by atomic mass is 9.96. The van der Waals surface area contributed by atoms with Gasteiger partial charge < -0.3 is 4.90 Å². The highest BCUT2D eigenvalue weighted by Gasteiger charge is 2.47. The van der Waals surface area contributed by atoms with E-state index in [4.69, 9.17) is 0 Å². The van der Waals surface area contributed by atoms with E-state index in [0.717, 1.165) is 11.1 Å². The van der Waals surface area contributed by atoms with Crippen molar-refractivity contribution >= 4 is 17.6 Å². The van der Waals surface area contributed by atoms with Crippen LogP contribution in [0.4, 0.5) is 10.5 Å². The van der Waals surface area contributed by atoms with Gasteiger partial charge in [-0.15, -0.1) is 0 Å². The Bertz CT molecular complexity index is 902. The van der Waals surface area contributed by atoms with E-state index in [-0.39, 0.29) is 18.0 Å². The molecule has 27 heavy (non-hydrogen) atoms. The minimum atomic E-state index is -0.553. The van der Waals surface area contributed by atoms with Crippen molar-refractivity contribution in [2.24, 2.45) is 0 Å². The summed E-state index contributed by atoms with van der Waals surface area (Å²) < 4.78 is 0. The average molecular weight is 356 g/mol. The number of hydrogen-bond donors (Lipinski definition) is 0. The first-order chi connectivity index (χ1) is 13.2. The molecule has 0 aliphatic carbocycles. The fourth-order valence-corrected chi connectivity index (χ4v) is 3.61. The first kappa shape index (κ1) is 17.0. The fourth-order valence-electron chi connectivity index (χ4n) is 3.61. The molecule has 4 nitrogen and oxygen atoms in total. The molecule has 1 aliphatic rings. The topological polar surface area (TPSA) is 40.6 Å². The van der Waals surface area contributed by atoms with Crippen LogP contribution in [0.25, 0.3) is 0 Å². The van der Waals surface area contributed by atoms with Gasteiger partial charge >= 0.3 is 6.03 Å². The minimum absolute atomic E-state index is 0.205. The van der Waals surface area contributed by atoms with Crippen molar-refractivity contribution in [1.29, 1.82) is 0 Å². The molecular formula is C23H20N2O2. The Kier molecular flexibility index (Phi) is 4.47. The van der Waals surface area contributed by atoms with Gasteiger partial charge in [0.25, 0.3) is 5.91 Å². The maximum Gasteiger partial charge on any atom is 0.332 e. The van der Waals surface area contributed by atoms with Gasteiger partial charge in [-0.25, -0.2) is 9.69 Å². The predicted molar refractivity (Wildman–Crippen MR) is 105 cm³/mol. The molecule has 4 rings (SSSR count). The third kappa shape index (κ3) is 2.99. The van der Waals surface area contributed by atoms with Crippen LogP contribution in [0, 0.1) is 0 Å². The summed E-state index contributed by atoms with van der Waals surface area (Å²) in [5, 5.41) is 0. The lowest BCUT2D eigenvalue weighted by Gasteiger charge is -2.30. The quantitative estimate of drug-likeness (QED) is 0.639. The number of benzene rings is 3. The highest BCUT2D eigenvalue weighted by atomic mass is 16.2. The number of carbonyl (C=O) groups excluding carboxylic acids is 2. The normalized spacial score (nSPS) is 17.0. The van der Waals surface area contributed by atoms with Crippen LogP contribution in [0.1, 0.15) is 24.1 Å². The molecule has 1 aliphatic heterocycles. The van der Waals surface area contributed by atoms with Crippen LogP contribution in [0.5, 0.6) is 0 Å². The summed E-state index contributed by atoms with van der Waals surface area (Å²) in [5.74, 6) is -0.205. The molecule has 0 radical (unpaired) electrons. The summed E-state index contributed by atoms with van der Waals surface area (Å²) in [7, 11) is 0. The number of para-hydroxylation sites is 1. The SMILES string of the molecule is C[C@H]1C(=O)N(c2ccccc2)C(=O)N1C(c1ccccc1)c1ccccc1. The highest BCUT2D eigenvalue weighted by molar-refractivity contribution is 6.21. The van der Waals surface area contributed by atoms with Gasteiger partial charge in [0.1, 0.15) is 6.04 Å². The number of anilines is 1.